The van der Waals surface area contributed by atoms with Crippen LogP contribution in [0.5, 0.6) is 11.5 Å². The number of amides is 1. The van der Waals surface area contributed by atoms with Crippen LogP contribution in [0.4, 0.5) is 13.9 Å². The first kappa shape index (κ1) is 17.7. The number of nitrogens with zero attached hydrogens (tertiary/aromatic N) is 2. The maximum Gasteiger partial charge on any atom is 0.387 e. The van der Waals surface area contributed by atoms with Crippen molar-refractivity contribution in [2.24, 2.45) is 0 Å². The van der Waals surface area contributed by atoms with E-state index >= 15 is 0 Å². The monoisotopic (exact) mass is 377 g/mol. The Morgan fingerprint density at radius 3 is 2.35 bits per heavy atom. The first-order valence-electron chi connectivity index (χ1n) is 7.39. The highest BCUT2D eigenvalue weighted by atomic mass is 32.1. The molecule has 6 nitrogen and oxygen atoms in total. The quantitative estimate of drug-likeness (QED) is 0.701. The Bertz CT molecular complexity index is 883. The predicted octanol–water partition coefficient (Wildman–Crippen LogP) is 4.07. The van der Waals surface area contributed by atoms with E-state index in [-0.39, 0.29) is 11.7 Å². The van der Waals surface area contributed by atoms with Gasteiger partial charge in [-0.2, -0.15) is 18.1 Å². The Kier molecular flexibility index (Phi) is 5.37. The zero-order valence-corrected chi connectivity index (χ0v) is 14.3. The second kappa shape index (κ2) is 7.87. The second-order valence-corrected chi connectivity index (χ2v) is 5.76. The number of nitrogens with one attached hydrogen (secondary N) is 1. The third kappa shape index (κ3) is 4.31. The van der Waals surface area contributed by atoms with Crippen LogP contribution in [0.3, 0.4) is 0 Å². The summed E-state index contributed by atoms with van der Waals surface area (Å²) in [7, 11) is 1.55. The molecule has 2 aromatic carbocycles. The Morgan fingerprint density at radius 1 is 1.08 bits per heavy atom. The number of anilines is 1. The third-order valence-corrected chi connectivity index (χ3v) is 3.97. The molecule has 3 aromatic rings. The fraction of sp³-hybridized carbons (Fsp3) is 0.118. The molecule has 0 aliphatic carbocycles. The number of hydrogen-bond donors (Lipinski definition) is 1. The van der Waals surface area contributed by atoms with Crippen LogP contribution in [0, 0.1) is 0 Å². The number of benzene rings is 2. The van der Waals surface area contributed by atoms with Crippen LogP contribution in [-0.2, 0) is 0 Å². The van der Waals surface area contributed by atoms with Gasteiger partial charge in [0, 0.05) is 22.7 Å². The van der Waals surface area contributed by atoms with Crippen LogP contribution >= 0.6 is 11.5 Å². The molecule has 0 saturated carbocycles. The minimum atomic E-state index is -2.88. The molecule has 1 heterocycles. The molecule has 0 unspecified atom stereocenters. The van der Waals surface area contributed by atoms with Crippen LogP contribution in [0.25, 0.3) is 11.4 Å². The van der Waals surface area contributed by atoms with E-state index in [1.54, 1.807) is 43.5 Å². The summed E-state index contributed by atoms with van der Waals surface area (Å²) >= 11 is 1.02. The number of methoxy groups -OCH3 is 1. The van der Waals surface area contributed by atoms with E-state index in [1.165, 1.54) is 12.1 Å². The fourth-order valence-corrected chi connectivity index (χ4v) is 2.67. The van der Waals surface area contributed by atoms with Crippen LogP contribution in [0.15, 0.2) is 48.5 Å². The molecular formula is C17H13F2N3O3S. The summed E-state index contributed by atoms with van der Waals surface area (Å²) < 4.78 is 37.8. The van der Waals surface area contributed by atoms with Gasteiger partial charge in [0.1, 0.15) is 11.5 Å². The summed E-state index contributed by atoms with van der Waals surface area (Å²) in [6.45, 7) is -2.88. The van der Waals surface area contributed by atoms with Gasteiger partial charge in [-0.15, -0.1) is 0 Å². The van der Waals surface area contributed by atoms with Crippen molar-refractivity contribution in [3.05, 3.63) is 54.1 Å². The first-order chi connectivity index (χ1) is 12.5. The van der Waals surface area contributed by atoms with Crippen LogP contribution in [0.2, 0.25) is 0 Å². The molecular weight excluding hydrogens is 364 g/mol. The lowest BCUT2D eigenvalue weighted by atomic mass is 10.2. The van der Waals surface area contributed by atoms with Gasteiger partial charge in [0.15, 0.2) is 5.82 Å². The minimum absolute atomic E-state index is 0.0482. The molecule has 0 fully saturated rings. The van der Waals surface area contributed by atoms with Gasteiger partial charge in [-0.05, 0) is 48.5 Å². The number of hydrogen-bond acceptors (Lipinski definition) is 6. The van der Waals surface area contributed by atoms with Gasteiger partial charge in [-0.25, -0.2) is 0 Å². The average molecular weight is 377 g/mol. The van der Waals surface area contributed by atoms with Crippen molar-refractivity contribution >= 4 is 22.6 Å². The van der Waals surface area contributed by atoms with Crippen molar-refractivity contribution in [3.63, 3.8) is 0 Å². The highest BCUT2D eigenvalue weighted by Gasteiger charge is 2.12. The summed E-state index contributed by atoms with van der Waals surface area (Å²) in [5.74, 6) is 0.755. The molecule has 1 N–H and O–H groups in total. The SMILES string of the molecule is COc1ccc(C(=O)Nc2nc(-c3ccc(OC(F)F)cc3)ns2)cc1. The van der Waals surface area contributed by atoms with Crippen molar-refractivity contribution in [2.45, 2.75) is 6.61 Å². The standard InChI is InChI=1S/C17H13F2N3O3S/c1-24-12-6-4-11(5-7-12)15(23)21-17-20-14(22-26-17)10-2-8-13(9-3-10)25-16(18)19/h2-9,16H,1H3,(H,20,21,22,23). The molecule has 9 heteroatoms. The number of carbonyl (C=O) groups is 1. The molecule has 0 radical (unpaired) electrons. The number of rotatable bonds is 6. The van der Waals surface area contributed by atoms with E-state index in [2.05, 4.69) is 19.4 Å². The van der Waals surface area contributed by atoms with Gasteiger partial charge in [-0.1, -0.05) is 0 Å². The summed E-state index contributed by atoms with van der Waals surface area (Å²) in [6, 6.07) is 12.6. The summed E-state index contributed by atoms with van der Waals surface area (Å²) in [5.41, 5.74) is 1.07. The van der Waals surface area contributed by atoms with E-state index in [4.69, 9.17) is 4.74 Å². The molecule has 0 atom stereocenters. The summed E-state index contributed by atoms with van der Waals surface area (Å²) in [5, 5.41) is 2.99. The number of alkyl halides is 2. The van der Waals surface area contributed by atoms with Crippen molar-refractivity contribution in [1.82, 2.24) is 9.36 Å². The predicted molar refractivity (Wildman–Crippen MR) is 92.9 cm³/mol. The Labute approximate surface area is 151 Å². The van der Waals surface area contributed by atoms with Crippen LogP contribution < -0.4 is 14.8 Å². The summed E-state index contributed by atoms with van der Waals surface area (Å²) in [4.78, 5) is 16.4. The molecule has 1 amide bonds. The Balaban J connectivity index is 1.68. The molecule has 0 bridgehead atoms. The van der Waals surface area contributed by atoms with E-state index in [1.807, 2.05) is 0 Å². The lowest BCUT2D eigenvalue weighted by Crippen LogP contribution is -2.11. The molecule has 1 aromatic heterocycles. The first-order valence-corrected chi connectivity index (χ1v) is 8.17. The van der Waals surface area contributed by atoms with Gasteiger partial charge in [0.2, 0.25) is 5.13 Å². The third-order valence-electron chi connectivity index (χ3n) is 3.34. The van der Waals surface area contributed by atoms with Crippen molar-refractivity contribution in [1.29, 1.82) is 0 Å². The van der Waals surface area contributed by atoms with Crippen molar-refractivity contribution in [2.75, 3.05) is 12.4 Å². The van der Waals surface area contributed by atoms with E-state index in [0.717, 1.165) is 11.5 Å². The number of carbonyl (C=O) groups excluding carboxylic acids is 1. The highest BCUT2D eigenvalue weighted by molar-refractivity contribution is 7.10. The van der Waals surface area contributed by atoms with Gasteiger partial charge < -0.3 is 9.47 Å². The average Bonchev–Trinajstić information content (AvgIpc) is 3.10. The lowest BCUT2D eigenvalue weighted by molar-refractivity contribution is -0.0498. The number of aromatic nitrogens is 2. The van der Waals surface area contributed by atoms with Gasteiger partial charge in [0.25, 0.3) is 5.91 Å². The molecule has 26 heavy (non-hydrogen) atoms. The van der Waals surface area contributed by atoms with E-state index < -0.39 is 6.61 Å². The number of halogens is 2. The molecule has 0 spiro atoms. The smallest absolute Gasteiger partial charge is 0.387 e. The zero-order valence-electron chi connectivity index (χ0n) is 13.5. The van der Waals surface area contributed by atoms with Gasteiger partial charge in [-0.3, -0.25) is 10.1 Å². The van der Waals surface area contributed by atoms with Gasteiger partial charge in [0.05, 0.1) is 7.11 Å². The maximum atomic E-state index is 12.2. The zero-order chi connectivity index (χ0) is 18.5. The molecule has 134 valence electrons. The number of ether oxygens (including phenoxy) is 2. The summed E-state index contributed by atoms with van der Waals surface area (Å²) in [6.07, 6.45) is 0. The fourth-order valence-electron chi connectivity index (χ4n) is 2.09. The maximum absolute atomic E-state index is 12.2. The normalized spacial score (nSPS) is 10.6. The van der Waals surface area contributed by atoms with Gasteiger partial charge >= 0.3 is 6.61 Å². The molecule has 0 aliphatic rings. The topological polar surface area (TPSA) is 73.3 Å². The van der Waals surface area contributed by atoms with Crippen molar-refractivity contribution in [3.8, 4) is 22.9 Å². The van der Waals surface area contributed by atoms with E-state index in [0.29, 0.717) is 27.8 Å². The van der Waals surface area contributed by atoms with Crippen LogP contribution in [-0.4, -0.2) is 29.0 Å². The lowest BCUT2D eigenvalue weighted by Gasteiger charge is -2.04. The van der Waals surface area contributed by atoms with Crippen LogP contribution in [0.1, 0.15) is 10.4 Å². The molecule has 0 saturated heterocycles. The van der Waals surface area contributed by atoms with E-state index in [9.17, 15) is 13.6 Å². The Hall–Kier alpha value is -3.07. The van der Waals surface area contributed by atoms with Crippen molar-refractivity contribution < 1.29 is 23.0 Å². The largest absolute Gasteiger partial charge is 0.497 e. The Morgan fingerprint density at radius 2 is 1.73 bits per heavy atom. The molecule has 3 rings (SSSR count). The molecule has 0 aliphatic heterocycles. The second-order valence-electron chi connectivity index (χ2n) is 5.01. The highest BCUT2D eigenvalue weighted by Crippen LogP contribution is 2.24. The minimum Gasteiger partial charge on any atom is -0.497 e.